The summed E-state index contributed by atoms with van der Waals surface area (Å²) < 4.78 is 2.07. The van der Waals surface area contributed by atoms with E-state index in [0.29, 0.717) is 13.1 Å². The molecule has 0 aliphatic rings. The van der Waals surface area contributed by atoms with Gasteiger partial charge in [-0.1, -0.05) is 103 Å². The Kier molecular flexibility index (Phi) is 7.58. The van der Waals surface area contributed by atoms with Crippen LogP contribution in [-0.2, 0) is 24.4 Å². The van der Waals surface area contributed by atoms with Gasteiger partial charge in [0.05, 0.1) is 5.25 Å². The van der Waals surface area contributed by atoms with E-state index in [9.17, 15) is 4.79 Å². The van der Waals surface area contributed by atoms with Gasteiger partial charge < -0.3 is 9.47 Å². The third-order valence-electron chi connectivity index (χ3n) is 5.44. The minimum atomic E-state index is -0.296. The van der Waals surface area contributed by atoms with Crippen molar-refractivity contribution in [1.29, 1.82) is 0 Å². The Balaban J connectivity index is 1.54. The van der Waals surface area contributed by atoms with E-state index in [-0.39, 0.29) is 11.2 Å². The minimum absolute atomic E-state index is 0.0830. The maximum absolute atomic E-state index is 13.6. The topological polar surface area (TPSA) is 51.0 Å². The fourth-order valence-corrected chi connectivity index (χ4v) is 4.74. The molecule has 0 radical (unpaired) electrons. The monoisotopic (exact) mass is 456 g/mol. The molecule has 3 aromatic carbocycles. The largest absolute Gasteiger partial charge is 0.333 e. The highest BCUT2D eigenvalue weighted by Crippen LogP contribution is 2.28. The molecule has 0 saturated carbocycles. The molecule has 0 fully saturated rings. The SMILES string of the molecule is CCn1c(SC(C)C(=O)N(Cc2ccccc2)Cc2ccccc2)nnc1-c1ccccc1. The van der Waals surface area contributed by atoms with Crippen molar-refractivity contribution in [1.82, 2.24) is 19.7 Å². The number of benzene rings is 3. The second kappa shape index (κ2) is 11.0. The van der Waals surface area contributed by atoms with Crippen molar-refractivity contribution in [2.75, 3.05) is 0 Å². The Morgan fingerprint density at radius 3 is 1.88 bits per heavy atom. The van der Waals surface area contributed by atoms with Gasteiger partial charge in [0.15, 0.2) is 11.0 Å². The maximum Gasteiger partial charge on any atom is 0.236 e. The number of carbonyl (C=O) groups excluding carboxylic acids is 1. The summed E-state index contributed by atoms with van der Waals surface area (Å²) in [4.78, 5) is 15.5. The average molecular weight is 457 g/mol. The average Bonchev–Trinajstić information content (AvgIpc) is 3.27. The molecule has 6 heteroatoms. The highest BCUT2D eigenvalue weighted by atomic mass is 32.2. The van der Waals surface area contributed by atoms with Gasteiger partial charge in [0.25, 0.3) is 0 Å². The molecule has 168 valence electrons. The van der Waals surface area contributed by atoms with Crippen molar-refractivity contribution in [3.63, 3.8) is 0 Å². The van der Waals surface area contributed by atoms with Gasteiger partial charge in [-0.2, -0.15) is 0 Å². The zero-order chi connectivity index (χ0) is 23.0. The van der Waals surface area contributed by atoms with Gasteiger partial charge in [-0.3, -0.25) is 4.79 Å². The van der Waals surface area contributed by atoms with Crippen molar-refractivity contribution in [3.8, 4) is 11.4 Å². The van der Waals surface area contributed by atoms with Crippen molar-refractivity contribution in [3.05, 3.63) is 102 Å². The molecule has 1 unspecified atom stereocenters. The Labute approximate surface area is 199 Å². The molecule has 0 aliphatic heterocycles. The number of nitrogens with zero attached hydrogens (tertiary/aromatic N) is 4. The predicted octanol–water partition coefficient (Wildman–Crippen LogP) is 5.67. The van der Waals surface area contributed by atoms with E-state index in [1.165, 1.54) is 11.8 Å². The summed E-state index contributed by atoms with van der Waals surface area (Å²) in [6, 6.07) is 30.3. The molecular weight excluding hydrogens is 428 g/mol. The van der Waals surface area contributed by atoms with Crippen LogP contribution in [-0.4, -0.2) is 30.8 Å². The van der Waals surface area contributed by atoms with Crippen LogP contribution in [0.1, 0.15) is 25.0 Å². The third kappa shape index (κ3) is 5.71. The minimum Gasteiger partial charge on any atom is -0.333 e. The molecule has 33 heavy (non-hydrogen) atoms. The molecule has 0 N–H and O–H groups in total. The molecule has 5 nitrogen and oxygen atoms in total. The Bertz CT molecular complexity index is 1120. The molecule has 0 saturated heterocycles. The number of hydrogen-bond donors (Lipinski definition) is 0. The molecule has 1 heterocycles. The van der Waals surface area contributed by atoms with E-state index in [1.54, 1.807) is 0 Å². The van der Waals surface area contributed by atoms with Crippen molar-refractivity contribution in [2.24, 2.45) is 0 Å². The first-order valence-corrected chi connectivity index (χ1v) is 12.1. The van der Waals surface area contributed by atoms with Crippen LogP contribution in [0.3, 0.4) is 0 Å². The van der Waals surface area contributed by atoms with Gasteiger partial charge in [-0.25, -0.2) is 0 Å². The quantitative estimate of drug-likeness (QED) is 0.304. The van der Waals surface area contributed by atoms with E-state index in [2.05, 4.69) is 46.0 Å². The van der Waals surface area contributed by atoms with E-state index >= 15 is 0 Å². The Hall–Kier alpha value is -3.38. The van der Waals surface area contributed by atoms with Gasteiger partial charge in [-0.05, 0) is 25.0 Å². The van der Waals surface area contributed by atoms with Gasteiger partial charge in [0.1, 0.15) is 0 Å². The second-order valence-electron chi connectivity index (χ2n) is 7.84. The summed E-state index contributed by atoms with van der Waals surface area (Å²) in [5.41, 5.74) is 3.25. The first-order valence-electron chi connectivity index (χ1n) is 11.2. The van der Waals surface area contributed by atoms with Gasteiger partial charge >= 0.3 is 0 Å². The zero-order valence-electron chi connectivity index (χ0n) is 19.0. The first kappa shape index (κ1) is 22.8. The van der Waals surface area contributed by atoms with Crippen LogP contribution in [0, 0.1) is 0 Å². The Morgan fingerprint density at radius 1 is 0.848 bits per heavy atom. The summed E-state index contributed by atoms with van der Waals surface area (Å²) >= 11 is 1.47. The van der Waals surface area contributed by atoms with E-state index < -0.39 is 0 Å². The summed E-state index contributed by atoms with van der Waals surface area (Å²) in [7, 11) is 0. The number of aromatic nitrogens is 3. The zero-order valence-corrected chi connectivity index (χ0v) is 19.8. The van der Waals surface area contributed by atoms with Crippen molar-refractivity contribution in [2.45, 2.75) is 43.9 Å². The standard InChI is InChI=1S/C27H28N4OS/c1-3-31-25(24-17-11-6-12-18-24)28-29-27(31)33-21(2)26(32)30(19-22-13-7-4-8-14-22)20-23-15-9-5-10-16-23/h4-18,21H,3,19-20H2,1-2H3. The smallest absolute Gasteiger partial charge is 0.236 e. The normalized spacial score (nSPS) is 11.8. The molecule has 0 aliphatic carbocycles. The lowest BCUT2D eigenvalue weighted by atomic mass is 10.1. The molecular formula is C27H28N4OS. The lowest BCUT2D eigenvalue weighted by Gasteiger charge is -2.26. The molecule has 0 spiro atoms. The highest BCUT2D eigenvalue weighted by Gasteiger charge is 2.25. The summed E-state index contributed by atoms with van der Waals surface area (Å²) in [5.74, 6) is 0.908. The fourth-order valence-electron chi connectivity index (χ4n) is 3.75. The third-order valence-corrected chi connectivity index (χ3v) is 6.51. The van der Waals surface area contributed by atoms with E-state index in [1.807, 2.05) is 78.6 Å². The van der Waals surface area contributed by atoms with Crippen LogP contribution in [0.2, 0.25) is 0 Å². The summed E-state index contributed by atoms with van der Waals surface area (Å²) in [6.45, 7) is 5.89. The van der Waals surface area contributed by atoms with Gasteiger partial charge in [0.2, 0.25) is 5.91 Å². The predicted molar refractivity (Wildman–Crippen MR) is 134 cm³/mol. The number of thioether (sulfide) groups is 1. The van der Waals surface area contributed by atoms with Crippen LogP contribution >= 0.6 is 11.8 Å². The molecule has 1 amide bonds. The number of amides is 1. The molecule has 4 aromatic rings. The van der Waals surface area contributed by atoms with Crippen molar-refractivity contribution < 1.29 is 4.79 Å². The molecule has 1 atom stereocenters. The van der Waals surface area contributed by atoms with Gasteiger partial charge in [0, 0.05) is 25.2 Å². The van der Waals surface area contributed by atoms with Crippen LogP contribution in [0.15, 0.2) is 96.2 Å². The Morgan fingerprint density at radius 2 is 1.36 bits per heavy atom. The van der Waals surface area contributed by atoms with E-state index in [0.717, 1.165) is 34.2 Å². The lowest BCUT2D eigenvalue weighted by molar-refractivity contribution is -0.131. The van der Waals surface area contributed by atoms with Crippen LogP contribution in [0.25, 0.3) is 11.4 Å². The van der Waals surface area contributed by atoms with E-state index in [4.69, 9.17) is 0 Å². The van der Waals surface area contributed by atoms with Crippen LogP contribution < -0.4 is 0 Å². The molecule has 4 rings (SSSR count). The first-order chi connectivity index (χ1) is 16.2. The number of carbonyl (C=O) groups is 1. The fraction of sp³-hybridized carbons (Fsp3) is 0.222. The lowest BCUT2D eigenvalue weighted by Crippen LogP contribution is -2.35. The number of rotatable bonds is 9. The maximum atomic E-state index is 13.6. The summed E-state index contributed by atoms with van der Waals surface area (Å²) in [6.07, 6.45) is 0. The molecule has 0 bridgehead atoms. The van der Waals surface area contributed by atoms with Gasteiger partial charge in [-0.15, -0.1) is 10.2 Å². The number of hydrogen-bond acceptors (Lipinski definition) is 4. The van der Waals surface area contributed by atoms with Crippen molar-refractivity contribution >= 4 is 17.7 Å². The van der Waals surface area contributed by atoms with Crippen LogP contribution in [0.4, 0.5) is 0 Å². The molecule has 1 aromatic heterocycles. The highest BCUT2D eigenvalue weighted by molar-refractivity contribution is 8.00. The summed E-state index contributed by atoms with van der Waals surface area (Å²) in [5, 5.41) is 9.30. The second-order valence-corrected chi connectivity index (χ2v) is 9.15. The van der Waals surface area contributed by atoms with Crippen LogP contribution in [0.5, 0.6) is 0 Å².